The first-order valence-corrected chi connectivity index (χ1v) is 10.4. The maximum absolute atomic E-state index is 13.3. The molecule has 0 bridgehead atoms. The molecule has 1 unspecified atom stereocenters. The van der Waals surface area contributed by atoms with Gasteiger partial charge in [0.1, 0.15) is 5.82 Å². The van der Waals surface area contributed by atoms with Gasteiger partial charge in [-0.3, -0.25) is 4.79 Å². The van der Waals surface area contributed by atoms with Gasteiger partial charge in [-0.15, -0.1) is 0 Å². The highest BCUT2D eigenvalue weighted by atomic mass is 19.1. The number of methoxy groups -OCH3 is 2. The van der Waals surface area contributed by atoms with Gasteiger partial charge in [0.2, 0.25) is 5.91 Å². The number of hydrogen-bond acceptors (Lipinski definition) is 5. The van der Waals surface area contributed by atoms with Crippen LogP contribution in [0.4, 0.5) is 4.39 Å². The number of ether oxygens (including phenoxy) is 3. The number of hydrogen-bond donors (Lipinski definition) is 0. The van der Waals surface area contributed by atoms with Crippen molar-refractivity contribution in [1.29, 1.82) is 0 Å². The van der Waals surface area contributed by atoms with Gasteiger partial charge in [0.25, 0.3) is 0 Å². The molecule has 7 heteroatoms. The summed E-state index contributed by atoms with van der Waals surface area (Å²) in [6.07, 6.45) is -0.215. The van der Waals surface area contributed by atoms with Gasteiger partial charge in [0, 0.05) is 18.0 Å². The van der Waals surface area contributed by atoms with E-state index in [2.05, 4.69) is 0 Å². The highest BCUT2D eigenvalue weighted by molar-refractivity contribution is 5.96. The number of allylic oxidation sites excluding steroid dienone is 1. The van der Waals surface area contributed by atoms with Crippen molar-refractivity contribution in [3.8, 4) is 11.5 Å². The van der Waals surface area contributed by atoms with E-state index in [9.17, 15) is 14.0 Å². The fourth-order valence-electron chi connectivity index (χ4n) is 3.87. The Morgan fingerprint density at radius 1 is 1.09 bits per heavy atom. The molecule has 0 aliphatic carbocycles. The first kappa shape index (κ1) is 23.3. The molecule has 6 nitrogen and oxygen atoms in total. The molecule has 0 saturated heterocycles. The molecule has 0 spiro atoms. The van der Waals surface area contributed by atoms with Crippen molar-refractivity contribution in [2.45, 2.75) is 45.8 Å². The van der Waals surface area contributed by atoms with Crippen LogP contribution in [0.1, 0.15) is 44.2 Å². The number of halogens is 1. The predicted molar refractivity (Wildman–Crippen MR) is 118 cm³/mol. The zero-order chi connectivity index (χ0) is 23.4. The molecule has 1 aliphatic heterocycles. The molecular weight excluding hydrogens is 413 g/mol. The van der Waals surface area contributed by atoms with E-state index in [4.69, 9.17) is 14.2 Å². The molecule has 3 rings (SSSR count). The van der Waals surface area contributed by atoms with Crippen LogP contribution in [0.5, 0.6) is 11.5 Å². The summed E-state index contributed by atoms with van der Waals surface area (Å²) in [7, 11) is 3.08. The maximum atomic E-state index is 13.3. The Labute approximate surface area is 187 Å². The minimum Gasteiger partial charge on any atom is -0.493 e. The summed E-state index contributed by atoms with van der Waals surface area (Å²) in [5, 5.41) is 0. The molecule has 2 aromatic carbocycles. The lowest BCUT2D eigenvalue weighted by molar-refractivity contribution is -0.143. The van der Waals surface area contributed by atoms with Crippen molar-refractivity contribution in [3.05, 3.63) is 70.7 Å². The van der Waals surface area contributed by atoms with Gasteiger partial charge in [-0.2, -0.15) is 0 Å². The van der Waals surface area contributed by atoms with Gasteiger partial charge < -0.3 is 19.1 Å². The number of amides is 1. The summed E-state index contributed by atoms with van der Waals surface area (Å²) in [6.45, 7) is 5.54. The predicted octanol–water partition coefficient (Wildman–Crippen LogP) is 4.58. The first-order chi connectivity index (χ1) is 15.2. The third-order valence-corrected chi connectivity index (χ3v) is 5.45. The molecule has 1 heterocycles. The van der Waals surface area contributed by atoms with Gasteiger partial charge in [0.15, 0.2) is 11.5 Å². The van der Waals surface area contributed by atoms with E-state index < -0.39 is 11.9 Å². The van der Waals surface area contributed by atoms with E-state index >= 15 is 0 Å². The lowest BCUT2D eigenvalue weighted by Gasteiger charge is -2.35. The SMILES string of the molecule is COc1ccc(C2CC(=O)N(Cc3ccc(F)cc3)C(C)=C2C(=O)OC(C)C)cc1OC. The largest absolute Gasteiger partial charge is 0.493 e. The number of carbonyl (C=O) groups is 2. The quantitative estimate of drug-likeness (QED) is 0.589. The normalized spacial score (nSPS) is 16.4. The van der Waals surface area contributed by atoms with Crippen LogP contribution in [0.3, 0.4) is 0 Å². The molecule has 1 atom stereocenters. The second-order valence-corrected chi connectivity index (χ2v) is 7.93. The first-order valence-electron chi connectivity index (χ1n) is 10.4. The van der Waals surface area contributed by atoms with Crippen LogP contribution in [0.25, 0.3) is 0 Å². The van der Waals surface area contributed by atoms with Crippen molar-refractivity contribution in [1.82, 2.24) is 4.90 Å². The summed E-state index contributed by atoms with van der Waals surface area (Å²) < 4.78 is 29.5. The van der Waals surface area contributed by atoms with E-state index in [0.29, 0.717) is 22.8 Å². The van der Waals surface area contributed by atoms with Gasteiger partial charge in [-0.25, -0.2) is 9.18 Å². The summed E-state index contributed by atoms with van der Waals surface area (Å²) in [5.41, 5.74) is 2.47. The van der Waals surface area contributed by atoms with Crippen molar-refractivity contribution in [3.63, 3.8) is 0 Å². The zero-order valence-electron chi connectivity index (χ0n) is 19.0. The molecule has 2 aromatic rings. The Kier molecular flexibility index (Phi) is 7.18. The lowest BCUT2D eigenvalue weighted by atomic mass is 9.83. The molecule has 0 N–H and O–H groups in total. The smallest absolute Gasteiger partial charge is 0.336 e. The third kappa shape index (κ3) is 4.93. The van der Waals surface area contributed by atoms with Crippen LogP contribution in [-0.4, -0.2) is 37.1 Å². The van der Waals surface area contributed by atoms with Gasteiger partial charge in [-0.05, 0) is 56.2 Å². The fourth-order valence-corrected chi connectivity index (χ4v) is 3.87. The van der Waals surface area contributed by atoms with Gasteiger partial charge in [0.05, 0.1) is 32.4 Å². The number of carbonyl (C=O) groups excluding carboxylic acids is 2. The minimum atomic E-state index is -0.488. The number of benzene rings is 2. The molecule has 1 aliphatic rings. The van der Waals surface area contributed by atoms with Gasteiger partial charge >= 0.3 is 5.97 Å². The second-order valence-electron chi connectivity index (χ2n) is 7.93. The third-order valence-electron chi connectivity index (χ3n) is 5.45. The zero-order valence-corrected chi connectivity index (χ0v) is 19.0. The van der Waals surface area contributed by atoms with Crippen LogP contribution in [0.15, 0.2) is 53.7 Å². The molecule has 0 saturated carbocycles. The Morgan fingerprint density at radius 2 is 1.75 bits per heavy atom. The van der Waals surface area contributed by atoms with E-state index in [-0.39, 0.29) is 30.8 Å². The second kappa shape index (κ2) is 9.85. The molecule has 0 aromatic heterocycles. The molecule has 32 heavy (non-hydrogen) atoms. The van der Waals surface area contributed by atoms with Crippen molar-refractivity contribution >= 4 is 11.9 Å². The fraction of sp³-hybridized carbons (Fsp3) is 0.360. The number of esters is 1. The maximum Gasteiger partial charge on any atom is 0.336 e. The van der Waals surface area contributed by atoms with E-state index in [1.54, 1.807) is 57.0 Å². The standard InChI is InChI=1S/C25H28FNO5/c1-15(2)32-25(29)24-16(3)27(14-17-6-9-19(26)10-7-17)23(28)13-20(24)18-8-11-21(30-4)22(12-18)31-5/h6-12,15,20H,13-14H2,1-5H3. The van der Waals surface area contributed by atoms with Crippen LogP contribution in [-0.2, 0) is 20.9 Å². The highest BCUT2D eigenvalue weighted by Crippen LogP contribution is 2.40. The lowest BCUT2D eigenvalue weighted by Crippen LogP contribution is -2.38. The topological polar surface area (TPSA) is 65.1 Å². The molecule has 170 valence electrons. The average molecular weight is 441 g/mol. The van der Waals surface area contributed by atoms with Crippen molar-refractivity contribution < 1.29 is 28.2 Å². The Balaban J connectivity index is 2.05. The van der Waals surface area contributed by atoms with Crippen LogP contribution in [0.2, 0.25) is 0 Å². The summed E-state index contributed by atoms with van der Waals surface area (Å²) in [4.78, 5) is 27.8. The highest BCUT2D eigenvalue weighted by Gasteiger charge is 2.37. The molecule has 0 radical (unpaired) electrons. The Morgan fingerprint density at radius 3 is 2.34 bits per heavy atom. The van der Waals surface area contributed by atoms with E-state index in [1.807, 2.05) is 6.07 Å². The number of nitrogens with zero attached hydrogens (tertiary/aromatic N) is 1. The van der Waals surface area contributed by atoms with Crippen molar-refractivity contribution in [2.24, 2.45) is 0 Å². The number of rotatable bonds is 7. The monoisotopic (exact) mass is 441 g/mol. The average Bonchev–Trinajstić information content (AvgIpc) is 2.76. The van der Waals surface area contributed by atoms with Crippen LogP contribution in [0, 0.1) is 5.82 Å². The molecule has 1 amide bonds. The van der Waals surface area contributed by atoms with E-state index in [0.717, 1.165) is 11.1 Å². The van der Waals surface area contributed by atoms with Crippen LogP contribution < -0.4 is 9.47 Å². The summed E-state index contributed by atoms with van der Waals surface area (Å²) >= 11 is 0. The summed E-state index contributed by atoms with van der Waals surface area (Å²) in [6, 6.07) is 11.3. The van der Waals surface area contributed by atoms with E-state index in [1.165, 1.54) is 19.2 Å². The van der Waals surface area contributed by atoms with Crippen molar-refractivity contribution in [2.75, 3.05) is 14.2 Å². The molecular formula is C25H28FNO5. The van der Waals surface area contributed by atoms with Crippen LogP contribution >= 0.6 is 0 Å². The Hall–Kier alpha value is -3.35. The summed E-state index contributed by atoms with van der Waals surface area (Å²) in [5.74, 6) is -0.357. The minimum absolute atomic E-state index is 0.0938. The molecule has 0 fully saturated rings. The van der Waals surface area contributed by atoms with Gasteiger partial charge in [-0.1, -0.05) is 18.2 Å². The Bertz CT molecular complexity index is 1030.